The molecule has 1 aliphatic rings. The summed E-state index contributed by atoms with van der Waals surface area (Å²) in [6.07, 6.45) is 2.22. The number of fused-ring (bicyclic) bond motifs is 1. The van der Waals surface area contributed by atoms with Crippen molar-refractivity contribution in [3.8, 4) is 5.75 Å². The minimum absolute atomic E-state index is 0.287. The first kappa shape index (κ1) is 15.3. The fourth-order valence-electron chi connectivity index (χ4n) is 3.11. The predicted octanol–water partition coefficient (Wildman–Crippen LogP) is 2.99. The molecule has 112 valence electrons. The van der Waals surface area contributed by atoms with E-state index < -0.39 is 0 Å². The molecule has 1 heterocycles. The molecule has 0 bridgehead atoms. The minimum atomic E-state index is 0.287. The molecule has 0 aliphatic carbocycles. The number of likely N-dealkylation sites (N-methyl/N-ethyl adjacent to an activating group) is 1. The third-order valence-electron chi connectivity index (χ3n) is 4.32. The molecule has 0 saturated carbocycles. The smallest absolute Gasteiger partial charge is 0.122 e. The fraction of sp³-hybridized carbons (Fsp3) is 0.647. The van der Waals surface area contributed by atoms with E-state index in [2.05, 4.69) is 50.9 Å². The van der Waals surface area contributed by atoms with E-state index in [1.165, 1.54) is 17.5 Å². The maximum atomic E-state index is 6.05. The average Bonchev–Trinajstić information content (AvgIpc) is 2.86. The Hall–Kier alpha value is -1.06. The highest BCUT2D eigenvalue weighted by molar-refractivity contribution is 5.40. The SMILES string of the molecule is CC(C)CC(C)N(C)C(CN)c1ccc2c(c1)CCO2. The van der Waals surface area contributed by atoms with Gasteiger partial charge < -0.3 is 10.5 Å². The highest BCUT2D eigenvalue weighted by Crippen LogP contribution is 2.30. The van der Waals surface area contributed by atoms with Crippen LogP contribution in [0.2, 0.25) is 0 Å². The van der Waals surface area contributed by atoms with Crippen LogP contribution in [0.1, 0.15) is 44.4 Å². The van der Waals surface area contributed by atoms with Crippen molar-refractivity contribution >= 4 is 0 Å². The molecule has 20 heavy (non-hydrogen) atoms. The van der Waals surface area contributed by atoms with Crippen LogP contribution in [0.5, 0.6) is 5.75 Å². The molecule has 0 radical (unpaired) electrons. The number of nitrogens with zero attached hydrogens (tertiary/aromatic N) is 1. The molecule has 0 spiro atoms. The highest BCUT2D eigenvalue weighted by Gasteiger charge is 2.22. The Morgan fingerprint density at radius 3 is 2.70 bits per heavy atom. The summed E-state index contributed by atoms with van der Waals surface area (Å²) in [5.74, 6) is 1.75. The quantitative estimate of drug-likeness (QED) is 0.868. The molecule has 2 rings (SSSR count). The molecule has 2 unspecified atom stereocenters. The lowest BCUT2D eigenvalue weighted by Crippen LogP contribution is -2.37. The summed E-state index contributed by atoms with van der Waals surface area (Å²) in [5, 5.41) is 0. The molecule has 0 fully saturated rings. The number of hydrogen-bond acceptors (Lipinski definition) is 3. The lowest BCUT2D eigenvalue weighted by Gasteiger charge is -2.34. The van der Waals surface area contributed by atoms with Gasteiger partial charge in [-0.25, -0.2) is 0 Å². The normalized spacial score (nSPS) is 17.1. The van der Waals surface area contributed by atoms with Crippen molar-refractivity contribution in [2.45, 2.75) is 45.7 Å². The van der Waals surface area contributed by atoms with Crippen molar-refractivity contribution in [1.29, 1.82) is 0 Å². The van der Waals surface area contributed by atoms with E-state index >= 15 is 0 Å². The van der Waals surface area contributed by atoms with E-state index in [0.29, 0.717) is 18.5 Å². The minimum Gasteiger partial charge on any atom is -0.493 e. The summed E-state index contributed by atoms with van der Waals surface area (Å²) in [6, 6.07) is 7.36. The number of rotatable bonds is 6. The average molecular weight is 276 g/mol. The van der Waals surface area contributed by atoms with Crippen molar-refractivity contribution in [2.24, 2.45) is 11.7 Å². The Morgan fingerprint density at radius 2 is 2.05 bits per heavy atom. The van der Waals surface area contributed by atoms with E-state index in [-0.39, 0.29) is 6.04 Å². The fourth-order valence-corrected chi connectivity index (χ4v) is 3.11. The van der Waals surface area contributed by atoms with Gasteiger partial charge in [0.25, 0.3) is 0 Å². The van der Waals surface area contributed by atoms with Crippen LogP contribution < -0.4 is 10.5 Å². The van der Waals surface area contributed by atoms with Crippen molar-refractivity contribution in [1.82, 2.24) is 4.90 Å². The predicted molar refractivity (Wildman–Crippen MR) is 84.1 cm³/mol. The molecule has 0 aromatic heterocycles. The monoisotopic (exact) mass is 276 g/mol. The molecular formula is C17H28N2O. The van der Waals surface area contributed by atoms with Gasteiger partial charge in [0.15, 0.2) is 0 Å². The Bertz CT molecular complexity index is 445. The first-order valence-electron chi connectivity index (χ1n) is 7.70. The maximum Gasteiger partial charge on any atom is 0.122 e. The Balaban J connectivity index is 2.15. The summed E-state index contributed by atoms with van der Waals surface area (Å²) in [4.78, 5) is 2.41. The molecule has 0 saturated heterocycles. The lowest BCUT2D eigenvalue weighted by atomic mass is 9.98. The van der Waals surface area contributed by atoms with Crippen LogP contribution in [0.3, 0.4) is 0 Å². The van der Waals surface area contributed by atoms with Crippen molar-refractivity contribution in [3.05, 3.63) is 29.3 Å². The van der Waals surface area contributed by atoms with E-state index in [1.807, 2.05) is 0 Å². The van der Waals surface area contributed by atoms with Gasteiger partial charge >= 0.3 is 0 Å². The van der Waals surface area contributed by atoms with Crippen LogP contribution in [0.25, 0.3) is 0 Å². The second-order valence-corrected chi connectivity index (χ2v) is 6.36. The van der Waals surface area contributed by atoms with Crippen molar-refractivity contribution < 1.29 is 4.74 Å². The second-order valence-electron chi connectivity index (χ2n) is 6.36. The Labute approximate surface area is 123 Å². The van der Waals surface area contributed by atoms with Gasteiger partial charge in [-0.3, -0.25) is 4.90 Å². The van der Waals surface area contributed by atoms with Crippen molar-refractivity contribution in [3.63, 3.8) is 0 Å². The van der Waals surface area contributed by atoms with Crippen LogP contribution in [0.15, 0.2) is 18.2 Å². The standard InChI is InChI=1S/C17H28N2O/c1-12(2)9-13(3)19(4)16(11-18)14-5-6-17-15(10-14)7-8-20-17/h5-6,10,12-13,16H,7-9,11,18H2,1-4H3. The third-order valence-corrected chi connectivity index (χ3v) is 4.32. The molecule has 3 nitrogen and oxygen atoms in total. The lowest BCUT2D eigenvalue weighted by molar-refractivity contribution is 0.168. The van der Waals surface area contributed by atoms with Gasteiger partial charge in [0, 0.05) is 25.0 Å². The summed E-state index contributed by atoms with van der Waals surface area (Å²) in [7, 11) is 2.19. The van der Waals surface area contributed by atoms with Crippen LogP contribution in [-0.2, 0) is 6.42 Å². The Kier molecular flexibility index (Phi) is 5.06. The largest absolute Gasteiger partial charge is 0.493 e. The van der Waals surface area contributed by atoms with Crippen LogP contribution >= 0.6 is 0 Å². The van der Waals surface area contributed by atoms with Crippen LogP contribution in [0, 0.1) is 5.92 Å². The van der Waals surface area contributed by atoms with Gasteiger partial charge in [-0.15, -0.1) is 0 Å². The van der Waals surface area contributed by atoms with E-state index in [9.17, 15) is 0 Å². The van der Waals surface area contributed by atoms with Gasteiger partial charge in [0.1, 0.15) is 5.75 Å². The van der Waals surface area contributed by atoms with Crippen molar-refractivity contribution in [2.75, 3.05) is 20.2 Å². The maximum absolute atomic E-state index is 6.05. The summed E-state index contributed by atoms with van der Waals surface area (Å²) >= 11 is 0. The Morgan fingerprint density at radius 1 is 1.30 bits per heavy atom. The second kappa shape index (κ2) is 6.59. The van der Waals surface area contributed by atoms with Crippen LogP contribution in [0.4, 0.5) is 0 Å². The van der Waals surface area contributed by atoms with Gasteiger partial charge in [-0.2, -0.15) is 0 Å². The molecule has 2 N–H and O–H groups in total. The zero-order chi connectivity index (χ0) is 14.7. The topological polar surface area (TPSA) is 38.5 Å². The van der Waals surface area contributed by atoms with E-state index in [0.717, 1.165) is 18.8 Å². The molecule has 1 aromatic carbocycles. The number of hydrogen-bond donors (Lipinski definition) is 1. The number of ether oxygens (including phenoxy) is 1. The number of nitrogens with two attached hydrogens (primary N) is 1. The zero-order valence-corrected chi connectivity index (χ0v) is 13.2. The van der Waals surface area contributed by atoms with Gasteiger partial charge in [-0.05, 0) is 43.5 Å². The van der Waals surface area contributed by atoms with Gasteiger partial charge in [0.2, 0.25) is 0 Å². The molecule has 1 aliphatic heterocycles. The first-order valence-corrected chi connectivity index (χ1v) is 7.70. The van der Waals surface area contributed by atoms with Gasteiger partial charge in [-0.1, -0.05) is 26.0 Å². The molecule has 1 aromatic rings. The van der Waals surface area contributed by atoms with E-state index in [4.69, 9.17) is 10.5 Å². The first-order chi connectivity index (χ1) is 9.52. The summed E-state index contributed by atoms with van der Waals surface area (Å²) < 4.78 is 5.58. The van der Waals surface area contributed by atoms with Crippen LogP contribution in [-0.4, -0.2) is 31.1 Å². The molecular weight excluding hydrogens is 248 g/mol. The zero-order valence-electron chi connectivity index (χ0n) is 13.2. The molecule has 2 atom stereocenters. The third kappa shape index (κ3) is 3.33. The summed E-state index contributed by atoms with van der Waals surface area (Å²) in [6.45, 7) is 8.30. The highest BCUT2D eigenvalue weighted by atomic mass is 16.5. The number of benzene rings is 1. The van der Waals surface area contributed by atoms with E-state index in [1.54, 1.807) is 0 Å². The summed E-state index contributed by atoms with van der Waals surface area (Å²) in [5.41, 5.74) is 8.69. The molecule has 0 amide bonds. The molecule has 3 heteroatoms. The van der Waals surface area contributed by atoms with Gasteiger partial charge in [0.05, 0.1) is 6.61 Å².